The molecule has 0 bridgehead atoms. The molecule has 2 aromatic rings. The van der Waals surface area contributed by atoms with E-state index < -0.39 is 0 Å². The molecule has 228 valence electrons. The summed E-state index contributed by atoms with van der Waals surface area (Å²) in [7, 11) is 0. The quantitative estimate of drug-likeness (QED) is 0.176. The molecule has 0 saturated carbocycles. The Labute approximate surface area is 250 Å². The number of benzene rings is 2. The van der Waals surface area contributed by atoms with Crippen molar-refractivity contribution in [1.82, 2.24) is 0 Å². The lowest BCUT2D eigenvalue weighted by Crippen LogP contribution is -2.34. The van der Waals surface area contributed by atoms with E-state index in [4.69, 9.17) is 0 Å². The average Bonchev–Trinajstić information content (AvgIpc) is 2.97. The van der Waals surface area contributed by atoms with E-state index in [1.807, 2.05) is 0 Å². The van der Waals surface area contributed by atoms with Crippen LogP contribution in [0.1, 0.15) is 130 Å². The molecule has 0 aromatic heterocycles. The number of hydrogen-bond acceptors (Lipinski definition) is 2. The Hall–Kier alpha value is -1.96. The van der Waals surface area contributed by atoms with Gasteiger partial charge in [-0.2, -0.15) is 0 Å². The van der Waals surface area contributed by atoms with Crippen molar-refractivity contribution < 1.29 is 0 Å². The Morgan fingerprint density at radius 2 is 1.07 bits per heavy atom. The zero-order valence-corrected chi connectivity index (χ0v) is 27.9. The third kappa shape index (κ3) is 15.7. The molecule has 0 spiro atoms. The van der Waals surface area contributed by atoms with Gasteiger partial charge in [-0.3, -0.25) is 0 Å². The highest BCUT2D eigenvalue weighted by atomic mass is 15.1. The van der Waals surface area contributed by atoms with E-state index >= 15 is 0 Å². The maximum atomic E-state index is 3.55. The fourth-order valence-electron chi connectivity index (χ4n) is 5.53. The first-order valence-electron chi connectivity index (χ1n) is 17.0. The van der Waals surface area contributed by atoms with Crippen molar-refractivity contribution in [1.29, 1.82) is 0 Å². The third-order valence-corrected chi connectivity index (χ3v) is 8.57. The van der Waals surface area contributed by atoms with Gasteiger partial charge in [-0.15, -0.1) is 0 Å². The van der Waals surface area contributed by atoms with E-state index in [9.17, 15) is 0 Å². The summed E-state index contributed by atoms with van der Waals surface area (Å²) in [5, 5.41) is 3.55. The zero-order chi connectivity index (χ0) is 29.6. The average molecular weight is 551 g/mol. The van der Waals surface area contributed by atoms with Crippen LogP contribution >= 0.6 is 0 Å². The van der Waals surface area contributed by atoms with Crippen LogP contribution in [0.25, 0.3) is 0 Å². The topological polar surface area (TPSA) is 15.3 Å². The van der Waals surface area contributed by atoms with Gasteiger partial charge in [0.05, 0.1) is 0 Å². The number of hydrogen-bond donors (Lipinski definition) is 1. The second kappa shape index (κ2) is 22.7. The maximum Gasteiger partial charge on any atom is 0.0369 e. The van der Waals surface area contributed by atoms with Crippen molar-refractivity contribution in [2.75, 3.05) is 29.9 Å². The van der Waals surface area contributed by atoms with Gasteiger partial charge in [0.2, 0.25) is 0 Å². The second-order valence-electron chi connectivity index (χ2n) is 12.2. The Balaban J connectivity index is 0.000000433. The molecule has 0 heterocycles. The molecular weight excluding hydrogens is 484 g/mol. The molecule has 0 aliphatic rings. The molecular formula is C38H66N2. The van der Waals surface area contributed by atoms with Gasteiger partial charge in [0.1, 0.15) is 0 Å². The van der Waals surface area contributed by atoms with Gasteiger partial charge in [0.25, 0.3) is 0 Å². The smallest absolute Gasteiger partial charge is 0.0369 e. The van der Waals surface area contributed by atoms with Crippen LogP contribution in [0.4, 0.5) is 11.4 Å². The summed E-state index contributed by atoms with van der Waals surface area (Å²) in [4.78, 5) is 2.70. The van der Waals surface area contributed by atoms with Gasteiger partial charge >= 0.3 is 0 Å². The fourth-order valence-corrected chi connectivity index (χ4v) is 5.53. The van der Waals surface area contributed by atoms with Crippen LogP contribution in [0, 0.1) is 31.6 Å². The SMILES string of the molecule is CCCCC(CC)CN(CC(CC)CCCC)c1cccc(C)c1.CCCCC(CC)CNc1cccc(C)c1. The Kier molecular flexibility index (Phi) is 20.5. The minimum Gasteiger partial charge on any atom is -0.385 e. The van der Waals surface area contributed by atoms with Crippen molar-refractivity contribution >= 4 is 11.4 Å². The molecule has 0 amide bonds. The molecule has 0 saturated heterocycles. The molecule has 2 nitrogen and oxygen atoms in total. The predicted molar refractivity (Wildman–Crippen MR) is 183 cm³/mol. The van der Waals surface area contributed by atoms with E-state index in [0.717, 1.165) is 24.3 Å². The summed E-state index contributed by atoms with van der Waals surface area (Å²) < 4.78 is 0. The molecule has 2 aromatic carbocycles. The van der Waals surface area contributed by atoms with E-state index in [2.05, 4.69) is 114 Å². The van der Waals surface area contributed by atoms with Gasteiger partial charge in [-0.05, 0) is 86.3 Å². The van der Waals surface area contributed by atoms with Crippen molar-refractivity contribution in [2.45, 2.75) is 132 Å². The molecule has 0 radical (unpaired) electrons. The normalized spacial score (nSPS) is 13.2. The van der Waals surface area contributed by atoms with E-state index in [1.165, 1.54) is 113 Å². The van der Waals surface area contributed by atoms with Crippen molar-refractivity contribution in [2.24, 2.45) is 17.8 Å². The van der Waals surface area contributed by atoms with Crippen molar-refractivity contribution in [3.8, 4) is 0 Å². The second-order valence-corrected chi connectivity index (χ2v) is 12.2. The first-order chi connectivity index (χ1) is 19.4. The first-order valence-corrected chi connectivity index (χ1v) is 17.0. The van der Waals surface area contributed by atoms with Crippen molar-refractivity contribution in [3.63, 3.8) is 0 Å². The number of unbranched alkanes of at least 4 members (excludes halogenated alkanes) is 3. The summed E-state index contributed by atoms with van der Waals surface area (Å²) in [5.41, 5.74) is 5.39. The molecule has 3 atom stereocenters. The molecule has 2 heteroatoms. The fraction of sp³-hybridized carbons (Fsp3) is 0.684. The summed E-state index contributed by atoms with van der Waals surface area (Å²) in [5.74, 6) is 2.48. The van der Waals surface area contributed by atoms with Crippen LogP contribution in [0.3, 0.4) is 0 Å². The van der Waals surface area contributed by atoms with Crippen molar-refractivity contribution in [3.05, 3.63) is 59.7 Å². The Morgan fingerprint density at radius 1 is 0.600 bits per heavy atom. The lowest BCUT2D eigenvalue weighted by Gasteiger charge is -2.32. The van der Waals surface area contributed by atoms with Gasteiger partial charge in [-0.1, -0.05) is 124 Å². The number of anilines is 2. The predicted octanol–water partition coefficient (Wildman–Crippen LogP) is 11.9. The standard InChI is InChI=1S/C23H41N.C15H25N/c1-6-10-14-21(8-3)18-24(19-22(9-4)15-11-7-2)23-16-12-13-20(5)17-23;1-4-6-9-14(5-2)12-16-15-10-7-8-13(3)11-15/h12-13,16-17,21-22H,6-11,14-15,18-19H2,1-5H3;7-8,10-11,14,16H,4-6,9,12H2,1-3H3. The maximum absolute atomic E-state index is 3.55. The molecule has 0 aliphatic heterocycles. The highest BCUT2D eigenvalue weighted by Gasteiger charge is 2.17. The van der Waals surface area contributed by atoms with Gasteiger partial charge in [-0.25, -0.2) is 0 Å². The zero-order valence-electron chi connectivity index (χ0n) is 27.9. The third-order valence-electron chi connectivity index (χ3n) is 8.57. The van der Waals surface area contributed by atoms with Gasteiger partial charge in [0.15, 0.2) is 0 Å². The molecule has 0 fully saturated rings. The summed E-state index contributed by atoms with van der Waals surface area (Å²) in [6, 6.07) is 17.7. The molecule has 2 rings (SSSR count). The summed E-state index contributed by atoms with van der Waals surface area (Å²) >= 11 is 0. The molecule has 0 aliphatic carbocycles. The van der Waals surface area contributed by atoms with E-state index in [0.29, 0.717) is 0 Å². The van der Waals surface area contributed by atoms with Gasteiger partial charge in [0, 0.05) is 31.0 Å². The highest BCUT2D eigenvalue weighted by Crippen LogP contribution is 2.25. The Bertz CT molecular complexity index is 842. The molecule has 3 unspecified atom stereocenters. The van der Waals surface area contributed by atoms with Crippen LogP contribution in [0.5, 0.6) is 0 Å². The Morgan fingerprint density at radius 3 is 1.52 bits per heavy atom. The van der Waals surface area contributed by atoms with Crippen LogP contribution in [-0.4, -0.2) is 19.6 Å². The number of aryl methyl sites for hydroxylation is 2. The summed E-state index contributed by atoms with van der Waals surface area (Å²) in [6.45, 7) is 21.8. The first kappa shape index (κ1) is 36.1. The summed E-state index contributed by atoms with van der Waals surface area (Å²) in [6.07, 6.45) is 16.0. The minimum absolute atomic E-state index is 0.820. The van der Waals surface area contributed by atoms with E-state index in [1.54, 1.807) is 0 Å². The van der Waals surface area contributed by atoms with Crippen LogP contribution < -0.4 is 10.2 Å². The van der Waals surface area contributed by atoms with E-state index in [-0.39, 0.29) is 0 Å². The number of nitrogens with one attached hydrogen (secondary N) is 1. The number of nitrogens with zero attached hydrogens (tertiary/aromatic N) is 1. The largest absolute Gasteiger partial charge is 0.385 e. The molecule has 40 heavy (non-hydrogen) atoms. The highest BCUT2D eigenvalue weighted by molar-refractivity contribution is 5.48. The molecule has 1 N–H and O–H groups in total. The lowest BCUT2D eigenvalue weighted by molar-refractivity contribution is 0.403. The van der Waals surface area contributed by atoms with Crippen LogP contribution in [0.2, 0.25) is 0 Å². The number of rotatable bonds is 20. The minimum atomic E-state index is 0.820. The monoisotopic (exact) mass is 551 g/mol. The lowest BCUT2D eigenvalue weighted by atomic mass is 9.95. The van der Waals surface area contributed by atoms with Crippen LogP contribution in [0.15, 0.2) is 48.5 Å². The van der Waals surface area contributed by atoms with Gasteiger partial charge < -0.3 is 10.2 Å². The van der Waals surface area contributed by atoms with Crippen LogP contribution in [-0.2, 0) is 0 Å².